The molecule has 0 radical (unpaired) electrons. The first-order valence-corrected chi connectivity index (χ1v) is 7.48. The highest BCUT2D eigenvalue weighted by atomic mass is 35.5. The minimum absolute atomic E-state index is 0.0149. The quantitative estimate of drug-likeness (QED) is 0.843. The standard InChI is InChI=1S/C15H16Cl2N2O/c1-15(7-2-3-8-15)13-12(14(18)20-19-13)11-9(16)5-4-6-10(11)17/h4-6H,2-3,7-8,18H2,1H3. The van der Waals surface area contributed by atoms with Crippen LogP contribution >= 0.6 is 23.2 Å². The molecular weight excluding hydrogens is 295 g/mol. The van der Waals surface area contributed by atoms with Crippen molar-refractivity contribution in [1.82, 2.24) is 5.16 Å². The Morgan fingerprint density at radius 3 is 2.35 bits per heavy atom. The van der Waals surface area contributed by atoms with E-state index in [-0.39, 0.29) is 11.3 Å². The fourth-order valence-corrected chi connectivity index (χ4v) is 3.67. The molecule has 0 unspecified atom stereocenters. The summed E-state index contributed by atoms with van der Waals surface area (Å²) in [7, 11) is 0. The molecule has 1 fully saturated rings. The normalized spacial score (nSPS) is 17.6. The van der Waals surface area contributed by atoms with Crippen LogP contribution in [0.15, 0.2) is 22.7 Å². The van der Waals surface area contributed by atoms with E-state index >= 15 is 0 Å². The van der Waals surface area contributed by atoms with Gasteiger partial charge < -0.3 is 10.3 Å². The maximum atomic E-state index is 6.31. The summed E-state index contributed by atoms with van der Waals surface area (Å²) >= 11 is 12.6. The molecule has 20 heavy (non-hydrogen) atoms. The molecule has 0 amide bonds. The number of nitrogen functional groups attached to an aromatic ring is 1. The number of halogens is 2. The van der Waals surface area contributed by atoms with E-state index in [4.69, 9.17) is 33.5 Å². The second-order valence-electron chi connectivity index (χ2n) is 5.63. The molecule has 1 saturated carbocycles. The maximum Gasteiger partial charge on any atom is 0.230 e. The lowest BCUT2D eigenvalue weighted by Gasteiger charge is -2.22. The van der Waals surface area contributed by atoms with Gasteiger partial charge in [0.05, 0.1) is 21.3 Å². The largest absolute Gasteiger partial charge is 0.367 e. The predicted molar refractivity (Wildman–Crippen MR) is 82.2 cm³/mol. The van der Waals surface area contributed by atoms with E-state index in [1.54, 1.807) is 12.1 Å². The summed E-state index contributed by atoms with van der Waals surface area (Å²) in [6.07, 6.45) is 4.54. The van der Waals surface area contributed by atoms with Crippen molar-refractivity contribution in [2.45, 2.75) is 38.0 Å². The lowest BCUT2D eigenvalue weighted by Crippen LogP contribution is -2.18. The molecule has 2 aromatic rings. The Morgan fingerprint density at radius 1 is 1.15 bits per heavy atom. The Kier molecular flexibility index (Phi) is 3.43. The van der Waals surface area contributed by atoms with E-state index < -0.39 is 0 Å². The molecule has 1 heterocycles. The van der Waals surface area contributed by atoms with Crippen molar-refractivity contribution in [1.29, 1.82) is 0 Å². The molecule has 1 aliphatic rings. The number of rotatable bonds is 2. The molecular formula is C15H16Cl2N2O. The summed E-state index contributed by atoms with van der Waals surface area (Å²) < 4.78 is 5.25. The molecule has 0 aliphatic heterocycles. The summed E-state index contributed by atoms with van der Waals surface area (Å²) in [4.78, 5) is 0. The van der Waals surface area contributed by atoms with E-state index in [1.165, 1.54) is 12.8 Å². The van der Waals surface area contributed by atoms with Gasteiger partial charge in [0.2, 0.25) is 5.88 Å². The molecule has 3 rings (SSSR count). The third-order valence-electron chi connectivity index (χ3n) is 4.21. The van der Waals surface area contributed by atoms with Gasteiger partial charge in [-0.25, -0.2) is 0 Å². The van der Waals surface area contributed by atoms with E-state index in [1.807, 2.05) is 6.07 Å². The Labute approximate surface area is 128 Å². The molecule has 5 heteroatoms. The number of hydrogen-bond acceptors (Lipinski definition) is 3. The van der Waals surface area contributed by atoms with Gasteiger partial charge in [0, 0.05) is 11.0 Å². The third kappa shape index (κ3) is 2.09. The van der Waals surface area contributed by atoms with Crippen LogP contribution < -0.4 is 5.73 Å². The van der Waals surface area contributed by atoms with Crippen LogP contribution in [0.4, 0.5) is 5.88 Å². The highest BCUT2D eigenvalue weighted by molar-refractivity contribution is 6.39. The van der Waals surface area contributed by atoms with Crippen LogP contribution in [0, 0.1) is 0 Å². The first kappa shape index (κ1) is 13.8. The van der Waals surface area contributed by atoms with Gasteiger partial charge in [-0.05, 0) is 25.0 Å². The van der Waals surface area contributed by atoms with Crippen LogP contribution in [-0.4, -0.2) is 5.16 Å². The SMILES string of the molecule is CC1(c2noc(N)c2-c2c(Cl)cccc2Cl)CCCC1. The number of hydrogen-bond donors (Lipinski definition) is 1. The van der Waals surface area contributed by atoms with Crippen molar-refractivity contribution >= 4 is 29.1 Å². The van der Waals surface area contributed by atoms with Crippen molar-refractivity contribution in [2.75, 3.05) is 5.73 Å². The average Bonchev–Trinajstić information content (AvgIpc) is 2.98. The molecule has 1 aromatic heterocycles. The van der Waals surface area contributed by atoms with Crippen molar-refractivity contribution < 1.29 is 4.52 Å². The van der Waals surface area contributed by atoms with E-state index in [0.717, 1.165) is 29.7 Å². The maximum absolute atomic E-state index is 6.31. The van der Waals surface area contributed by atoms with Crippen LogP contribution in [0.1, 0.15) is 38.3 Å². The fourth-order valence-electron chi connectivity index (χ4n) is 3.09. The smallest absolute Gasteiger partial charge is 0.230 e. The monoisotopic (exact) mass is 310 g/mol. The van der Waals surface area contributed by atoms with Gasteiger partial charge in [-0.3, -0.25) is 0 Å². The number of benzene rings is 1. The van der Waals surface area contributed by atoms with Gasteiger partial charge in [0.1, 0.15) is 0 Å². The third-order valence-corrected chi connectivity index (χ3v) is 4.84. The lowest BCUT2D eigenvalue weighted by molar-refractivity contribution is 0.386. The van der Waals surface area contributed by atoms with Gasteiger partial charge in [0.15, 0.2) is 0 Å². The fraction of sp³-hybridized carbons (Fsp3) is 0.400. The van der Waals surface area contributed by atoms with Crippen LogP contribution in [0.5, 0.6) is 0 Å². The summed E-state index contributed by atoms with van der Waals surface area (Å²) in [5, 5.41) is 5.34. The van der Waals surface area contributed by atoms with E-state index in [9.17, 15) is 0 Å². The zero-order chi connectivity index (χ0) is 14.3. The van der Waals surface area contributed by atoms with Crippen LogP contribution in [-0.2, 0) is 5.41 Å². The van der Waals surface area contributed by atoms with Gasteiger partial charge in [-0.1, -0.05) is 54.2 Å². The van der Waals surface area contributed by atoms with Gasteiger partial charge in [0.25, 0.3) is 0 Å². The van der Waals surface area contributed by atoms with Crippen molar-refractivity contribution in [2.24, 2.45) is 0 Å². The topological polar surface area (TPSA) is 52.0 Å². The van der Waals surface area contributed by atoms with Gasteiger partial charge in [-0.2, -0.15) is 0 Å². The zero-order valence-corrected chi connectivity index (χ0v) is 12.8. The first-order valence-electron chi connectivity index (χ1n) is 6.73. The Hall–Kier alpha value is -1.19. The summed E-state index contributed by atoms with van der Waals surface area (Å²) in [5.41, 5.74) is 8.33. The first-order chi connectivity index (χ1) is 9.53. The van der Waals surface area contributed by atoms with E-state index in [0.29, 0.717) is 10.0 Å². The van der Waals surface area contributed by atoms with Gasteiger partial charge >= 0.3 is 0 Å². The average molecular weight is 311 g/mol. The molecule has 0 saturated heterocycles. The minimum Gasteiger partial charge on any atom is -0.367 e. The summed E-state index contributed by atoms with van der Waals surface area (Å²) in [6.45, 7) is 2.20. The molecule has 2 N–H and O–H groups in total. The summed E-state index contributed by atoms with van der Waals surface area (Å²) in [6, 6.07) is 5.42. The summed E-state index contributed by atoms with van der Waals surface area (Å²) in [5.74, 6) is 0.281. The second kappa shape index (κ2) is 4.97. The Bertz CT molecular complexity index is 625. The molecule has 0 spiro atoms. The van der Waals surface area contributed by atoms with Crippen molar-refractivity contribution in [3.63, 3.8) is 0 Å². The second-order valence-corrected chi connectivity index (χ2v) is 6.45. The molecule has 106 valence electrons. The highest BCUT2D eigenvalue weighted by Crippen LogP contribution is 2.48. The van der Waals surface area contributed by atoms with Crippen molar-refractivity contribution in [3.8, 4) is 11.1 Å². The van der Waals surface area contributed by atoms with E-state index in [2.05, 4.69) is 12.1 Å². The highest BCUT2D eigenvalue weighted by Gasteiger charge is 2.37. The van der Waals surface area contributed by atoms with Crippen LogP contribution in [0.3, 0.4) is 0 Å². The Balaban J connectivity index is 2.22. The molecule has 0 atom stereocenters. The number of nitrogens with two attached hydrogens (primary N) is 1. The van der Waals surface area contributed by atoms with Crippen LogP contribution in [0.2, 0.25) is 10.0 Å². The predicted octanol–water partition coefficient (Wildman–Crippen LogP) is 5.06. The molecule has 0 bridgehead atoms. The molecule has 1 aromatic carbocycles. The molecule has 3 nitrogen and oxygen atoms in total. The van der Waals surface area contributed by atoms with Crippen LogP contribution in [0.25, 0.3) is 11.1 Å². The number of anilines is 1. The lowest BCUT2D eigenvalue weighted by atomic mass is 9.81. The number of aromatic nitrogens is 1. The number of nitrogens with zero attached hydrogens (tertiary/aromatic N) is 1. The minimum atomic E-state index is -0.0149. The molecule has 1 aliphatic carbocycles. The van der Waals surface area contributed by atoms with Gasteiger partial charge in [-0.15, -0.1) is 0 Å². The Morgan fingerprint density at radius 2 is 1.75 bits per heavy atom. The van der Waals surface area contributed by atoms with Crippen molar-refractivity contribution in [3.05, 3.63) is 33.9 Å². The zero-order valence-electron chi connectivity index (χ0n) is 11.2.